The van der Waals surface area contributed by atoms with Crippen molar-refractivity contribution >= 4 is 11.9 Å². The molecule has 1 aliphatic heterocycles. The van der Waals surface area contributed by atoms with Crippen molar-refractivity contribution in [1.82, 2.24) is 5.32 Å². The van der Waals surface area contributed by atoms with Gasteiger partial charge in [-0.25, -0.2) is 4.79 Å². The first-order valence-electron chi connectivity index (χ1n) is 7.76. The number of hydrogen-bond donors (Lipinski definition) is 2. The zero-order chi connectivity index (χ0) is 14.5. The van der Waals surface area contributed by atoms with Gasteiger partial charge in [-0.05, 0) is 38.5 Å². The molecule has 0 aromatic carbocycles. The van der Waals surface area contributed by atoms with Crippen LogP contribution in [0.1, 0.15) is 58.3 Å². The molecule has 0 aromatic rings. The minimum Gasteiger partial charge on any atom is -0.479 e. The van der Waals surface area contributed by atoms with Crippen LogP contribution in [-0.4, -0.2) is 35.2 Å². The topological polar surface area (TPSA) is 75.6 Å². The highest BCUT2D eigenvalue weighted by atomic mass is 16.5. The van der Waals surface area contributed by atoms with Crippen molar-refractivity contribution in [2.75, 3.05) is 0 Å². The average molecular weight is 283 g/mol. The van der Waals surface area contributed by atoms with Crippen LogP contribution in [0, 0.1) is 5.92 Å². The summed E-state index contributed by atoms with van der Waals surface area (Å²) in [7, 11) is 0. The predicted molar refractivity (Wildman–Crippen MR) is 74.3 cm³/mol. The minimum absolute atomic E-state index is 0.146. The van der Waals surface area contributed by atoms with Crippen LogP contribution in [0.25, 0.3) is 0 Å². The maximum absolute atomic E-state index is 12.1. The van der Waals surface area contributed by atoms with Gasteiger partial charge in [-0.15, -0.1) is 0 Å². The fourth-order valence-corrected chi connectivity index (χ4v) is 3.26. The van der Waals surface area contributed by atoms with Crippen LogP contribution in [0.2, 0.25) is 0 Å². The maximum Gasteiger partial charge on any atom is 0.332 e. The highest BCUT2D eigenvalue weighted by Crippen LogP contribution is 2.26. The molecule has 5 heteroatoms. The van der Waals surface area contributed by atoms with Crippen LogP contribution in [0.4, 0.5) is 0 Å². The molecule has 1 amide bonds. The predicted octanol–water partition coefficient (Wildman–Crippen LogP) is 2.09. The van der Waals surface area contributed by atoms with Crippen LogP contribution < -0.4 is 5.32 Å². The van der Waals surface area contributed by atoms with E-state index >= 15 is 0 Å². The van der Waals surface area contributed by atoms with Gasteiger partial charge < -0.3 is 15.2 Å². The second-order valence-electron chi connectivity index (χ2n) is 6.08. The number of amides is 1. The summed E-state index contributed by atoms with van der Waals surface area (Å²) in [5.74, 6) is -0.583. The first-order valence-corrected chi connectivity index (χ1v) is 7.76. The molecule has 1 saturated heterocycles. The van der Waals surface area contributed by atoms with E-state index in [1.807, 2.05) is 0 Å². The number of aliphatic carboxylic acids is 1. The molecular weight excluding hydrogens is 258 g/mol. The number of carboxylic acid groups (broad SMARTS) is 1. The Balaban J connectivity index is 1.80. The molecule has 2 fully saturated rings. The van der Waals surface area contributed by atoms with E-state index < -0.39 is 18.2 Å². The van der Waals surface area contributed by atoms with Crippen LogP contribution in [0.5, 0.6) is 0 Å². The number of nitrogens with one attached hydrogen (secondary N) is 1. The molecule has 0 aromatic heterocycles. The van der Waals surface area contributed by atoms with Gasteiger partial charge in [-0.1, -0.05) is 25.7 Å². The number of carbonyl (C=O) groups is 2. The van der Waals surface area contributed by atoms with E-state index in [1.165, 1.54) is 38.5 Å². The van der Waals surface area contributed by atoms with Gasteiger partial charge in [0, 0.05) is 6.04 Å². The molecule has 2 unspecified atom stereocenters. The molecule has 1 heterocycles. The summed E-state index contributed by atoms with van der Waals surface area (Å²) in [4.78, 5) is 22.9. The molecule has 0 spiro atoms. The van der Waals surface area contributed by atoms with E-state index in [4.69, 9.17) is 9.84 Å². The third-order valence-electron chi connectivity index (χ3n) is 4.56. The average Bonchev–Trinajstić information content (AvgIpc) is 2.75. The molecule has 20 heavy (non-hydrogen) atoms. The molecular formula is C15H25NO4. The SMILES string of the molecule is C[C@@H](NC(=O)C1CCC(C(=O)O)O1)C1CCCCCC1. The summed E-state index contributed by atoms with van der Waals surface area (Å²) in [5, 5.41) is 11.9. The van der Waals surface area contributed by atoms with Crippen LogP contribution in [0.15, 0.2) is 0 Å². The Morgan fingerprint density at radius 1 is 1.05 bits per heavy atom. The van der Waals surface area contributed by atoms with E-state index in [9.17, 15) is 9.59 Å². The second kappa shape index (κ2) is 7.07. The number of hydrogen-bond acceptors (Lipinski definition) is 3. The van der Waals surface area contributed by atoms with Crippen molar-refractivity contribution in [3.05, 3.63) is 0 Å². The molecule has 2 aliphatic rings. The lowest BCUT2D eigenvalue weighted by molar-refractivity contribution is -0.152. The van der Waals surface area contributed by atoms with Crippen LogP contribution in [0.3, 0.4) is 0 Å². The zero-order valence-corrected chi connectivity index (χ0v) is 12.1. The van der Waals surface area contributed by atoms with E-state index in [-0.39, 0.29) is 11.9 Å². The quantitative estimate of drug-likeness (QED) is 0.775. The highest BCUT2D eigenvalue weighted by molar-refractivity contribution is 5.82. The third-order valence-corrected chi connectivity index (χ3v) is 4.56. The molecule has 2 N–H and O–H groups in total. The number of carbonyl (C=O) groups excluding carboxylic acids is 1. The van der Waals surface area contributed by atoms with Crippen LogP contribution >= 0.6 is 0 Å². The van der Waals surface area contributed by atoms with Crippen molar-refractivity contribution in [1.29, 1.82) is 0 Å². The Morgan fingerprint density at radius 3 is 2.20 bits per heavy atom. The summed E-state index contributed by atoms with van der Waals surface area (Å²) < 4.78 is 5.29. The number of ether oxygens (including phenoxy) is 1. The molecule has 114 valence electrons. The smallest absolute Gasteiger partial charge is 0.332 e. The molecule has 1 saturated carbocycles. The highest BCUT2D eigenvalue weighted by Gasteiger charge is 2.35. The normalized spacial score (nSPS) is 29.6. The molecule has 2 rings (SSSR count). The zero-order valence-electron chi connectivity index (χ0n) is 12.1. The second-order valence-corrected chi connectivity index (χ2v) is 6.08. The Hall–Kier alpha value is -1.10. The summed E-state index contributed by atoms with van der Waals surface area (Å²) in [6.07, 6.45) is 6.92. The van der Waals surface area contributed by atoms with Crippen LogP contribution in [-0.2, 0) is 14.3 Å². The standard InChI is InChI=1S/C15H25NO4/c1-10(11-6-4-2-3-5-7-11)16-14(17)12-8-9-13(20-12)15(18)19/h10-13H,2-9H2,1H3,(H,16,17)(H,18,19)/t10-,12?,13?/m1/s1. The molecule has 1 aliphatic carbocycles. The Kier molecular flexibility index (Phi) is 5.40. The number of rotatable bonds is 4. The lowest BCUT2D eigenvalue weighted by Gasteiger charge is -2.25. The van der Waals surface area contributed by atoms with E-state index in [1.54, 1.807) is 0 Å². The molecule has 5 nitrogen and oxygen atoms in total. The first kappa shape index (κ1) is 15.3. The fourth-order valence-electron chi connectivity index (χ4n) is 3.26. The summed E-state index contributed by atoms with van der Waals surface area (Å²) >= 11 is 0. The lowest BCUT2D eigenvalue weighted by atomic mass is 9.93. The third kappa shape index (κ3) is 3.95. The van der Waals surface area contributed by atoms with Crippen molar-refractivity contribution in [3.63, 3.8) is 0 Å². The maximum atomic E-state index is 12.1. The van der Waals surface area contributed by atoms with E-state index in [0.717, 1.165) is 0 Å². The van der Waals surface area contributed by atoms with Gasteiger partial charge in [0.15, 0.2) is 6.10 Å². The molecule has 3 atom stereocenters. The van der Waals surface area contributed by atoms with Gasteiger partial charge in [0.25, 0.3) is 0 Å². The Morgan fingerprint density at radius 2 is 1.65 bits per heavy atom. The summed E-state index contributed by atoms with van der Waals surface area (Å²) in [6, 6.07) is 0.146. The summed E-state index contributed by atoms with van der Waals surface area (Å²) in [5.41, 5.74) is 0. The summed E-state index contributed by atoms with van der Waals surface area (Å²) in [6.45, 7) is 2.05. The molecule has 0 radical (unpaired) electrons. The van der Waals surface area contributed by atoms with Gasteiger partial charge >= 0.3 is 5.97 Å². The van der Waals surface area contributed by atoms with E-state index in [0.29, 0.717) is 18.8 Å². The van der Waals surface area contributed by atoms with Gasteiger partial charge in [-0.3, -0.25) is 4.79 Å². The van der Waals surface area contributed by atoms with Crippen molar-refractivity contribution in [3.8, 4) is 0 Å². The number of carboxylic acids is 1. The van der Waals surface area contributed by atoms with Gasteiger partial charge in [-0.2, -0.15) is 0 Å². The van der Waals surface area contributed by atoms with Gasteiger partial charge in [0.05, 0.1) is 0 Å². The van der Waals surface area contributed by atoms with Crippen molar-refractivity contribution in [2.24, 2.45) is 5.92 Å². The first-order chi connectivity index (χ1) is 9.58. The van der Waals surface area contributed by atoms with Gasteiger partial charge in [0.2, 0.25) is 5.91 Å². The Labute approximate surface area is 120 Å². The van der Waals surface area contributed by atoms with Gasteiger partial charge in [0.1, 0.15) is 6.10 Å². The van der Waals surface area contributed by atoms with Crippen molar-refractivity contribution < 1.29 is 19.4 Å². The fraction of sp³-hybridized carbons (Fsp3) is 0.867. The lowest BCUT2D eigenvalue weighted by Crippen LogP contribution is -2.43. The monoisotopic (exact) mass is 283 g/mol. The Bertz CT molecular complexity index is 350. The minimum atomic E-state index is -0.975. The van der Waals surface area contributed by atoms with Crippen molar-refractivity contribution in [2.45, 2.75) is 76.5 Å². The largest absolute Gasteiger partial charge is 0.479 e. The van der Waals surface area contributed by atoms with E-state index in [2.05, 4.69) is 12.2 Å². The molecule has 0 bridgehead atoms.